The molecular formula is C56H55IrN3OSi-2. The van der Waals surface area contributed by atoms with E-state index in [4.69, 9.17) is 14.4 Å². The molecule has 0 N–H and O–H groups in total. The van der Waals surface area contributed by atoms with Gasteiger partial charge in [0, 0.05) is 37.3 Å². The van der Waals surface area contributed by atoms with Crippen LogP contribution in [0.4, 0.5) is 0 Å². The van der Waals surface area contributed by atoms with E-state index in [1.54, 1.807) is 10.8 Å². The van der Waals surface area contributed by atoms with Gasteiger partial charge in [-0.2, -0.15) is 0 Å². The molecule has 1 saturated carbocycles. The number of hydrogen-bond donors (Lipinski definition) is 0. The van der Waals surface area contributed by atoms with Crippen LogP contribution in [0.5, 0.6) is 0 Å². The fraction of sp³-hybridized carbons (Fsp3) is 0.250. The van der Waals surface area contributed by atoms with Crippen molar-refractivity contribution in [1.82, 2.24) is 14.5 Å². The molecule has 0 atom stereocenters. The van der Waals surface area contributed by atoms with Gasteiger partial charge in [0.1, 0.15) is 5.58 Å². The number of fused-ring (bicyclic) bond motifs is 4. The Morgan fingerprint density at radius 3 is 2.24 bits per heavy atom. The van der Waals surface area contributed by atoms with Gasteiger partial charge in [-0.15, -0.1) is 54.1 Å². The number of imidazole rings is 1. The normalized spacial score (nSPS) is 13.5. The van der Waals surface area contributed by atoms with Crippen LogP contribution in [-0.2, 0) is 31.9 Å². The van der Waals surface area contributed by atoms with Crippen molar-refractivity contribution < 1.29 is 24.5 Å². The van der Waals surface area contributed by atoms with Crippen molar-refractivity contribution in [3.63, 3.8) is 0 Å². The Labute approximate surface area is 381 Å². The second-order valence-corrected chi connectivity index (χ2v) is 23.8. The Kier molecular flexibility index (Phi) is 12.7. The van der Waals surface area contributed by atoms with Gasteiger partial charge in [0.2, 0.25) is 0 Å². The average Bonchev–Trinajstić information content (AvgIpc) is 3.86. The van der Waals surface area contributed by atoms with E-state index < -0.39 is 8.07 Å². The molecule has 4 nitrogen and oxygen atoms in total. The SMILES string of the molecule is CC(C)(C)c1cccc(-c2ccccc2)c1-n1c(-c2[c-]ccc3c2oc2ccccc23)nc2ccccc21.C[Si](C)(C)c1cnc(-c2[c-]cccc2)cc1CC1CCCCC1.[Ir]. The molecule has 10 rings (SSSR count). The van der Waals surface area contributed by atoms with Crippen molar-refractivity contribution in [1.29, 1.82) is 0 Å². The maximum Gasteiger partial charge on any atom is 0.120 e. The molecule has 0 aliphatic heterocycles. The Hall–Kier alpha value is -5.39. The monoisotopic (exact) mass is 1010 g/mol. The van der Waals surface area contributed by atoms with Crippen LogP contribution in [0, 0.1) is 18.1 Å². The van der Waals surface area contributed by atoms with Gasteiger partial charge in [-0.25, -0.2) is 0 Å². The number of para-hydroxylation sites is 4. The molecule has 1 aliphatic carbocycles. The minimum Gasteiger partial charge on any atom is -0.501 e. The molecule has 0 amide bonds. The maximum atomic E-state index is 6.45. The van der Waals surface area contributed by atoms with Crippen LogP contribution in [0.1, 0.15) is 64.0 Å². The first-order valence-electron chi connectivity index (χ1n) is 22.0. The molecule has 0 unspecified atom stereocenters. The van der Waals surface area contributed by atoms with Gasteiger partial charge in [-0.05, 0) is 58.0 Å². The van der Waals surface area contributed by atoms with Gasteiger partial charge in [0.05, 0.1) is 36.2 Å². The fourth-order valence-electron chi connectivity index (χ4n) is 9.26. The first kappa shape index (κ1) is 43.3. The van der Waals surface area contributed by atoms with Crippen LogP contribution in [0.25, 0.3) is 72.4 Å². The topological polar surface area (TPSA) is 43.9 Å². The Morgan fingerprint density at radius 1 is 0.742 bits per heavy atom. The van der Waals surface area contributed by atoms with Crippen molar-refractivity contribution in [3.05, 3.63) is 169 Å². The Balaban J connectivity index is 0.000000190. The molecule has 6 heteroatoms. The number of pyridine rings is 1. The van der Waals surface area contributed by atoms with E-state index in [0.29, 0.717) is 0 Å². The number of nitrogens with zero attached hydrogens (tertiary/aromatic N) is 3. The third-order valence-electron chi connectivity index (χ3n) is 12.3. The van der Waals surface area contributed by atoms with Crippen LogP contribution in [0.3, 0.4) is 0 Å². The molecule has 9 aromatic rings. The number of benzene rings is 6. The van der Waals surface area contributed by atoms with E-state index in [1.807, 2.05) is 36.4 Å². The van der Waals surface area contributed by atoms with E-state index in [-0.39, 0.29) is 25.5 Å². The molecule has 0 saturated heterocycles. The van der Waals surface area contributed by atoms with Gasteiger partial charge in [-0.3, -0.25) is 4.98 Å². The summed E-state index contributed by atoms with van der Waals surface area (Å²) in [5.74, 6) is 1.69. The predicted octanol–water partition coefficient (Wildman–Crippen LogP) is 14.6. The van der Waals surface area contributed by atoms with Crippen molar-refractivity contribution in [2.24, 2.45) is 5.92 Å². The average molecular weight is 1010 g/mol. The number of hydrogen-bond acceptors (Lipinski definition) is 3. The van der Waals surface area contributed by atoms with Gasteiger partial charge < -0.3 is 14.0 Å². The molecule has 3 aromatic heterocycles. The summed E-state index contributed by atoms with van der Waals surface area (Å²) in [5.41, 5.74) is 12.9. The van der Waals surface area contributed by atoms with Crippen molar-refractivity contribution in [2.75, 3.05) is 0 Å². The third-order valence-corrected chi connectivity index (χ3v) is 14.4. The van der Waals surface area contributed by atoms with Crippen LogP contribution < -0.4 is 5.19 Å². The first-order chi connectivity index (χ1) is 29.5. The zero-order valence-corrected chi connectivity index (χ0v) is 40.2. The molecule has 3 heterocycles. The number of furan rings is 1. The molecule has 0 bridgehead atoms. The zero-order chi connectivity index (χ0) is 42.1. The summed E-state index contributed by atoms with van der Waals surface area (Å²) in [6, 6.07) is 55.2. The summed E-state index contributed by atoms with van der Waals surface area (Å²) in [6.07, 6.45) is 10.5. The maximum absolute atomic E-state index is 6.45. The summed E-state index contributed by atoms with van der Waals surface area (Å²) in [4.78, 5) is 9.98. The second kappa shape index (κ2) is 18.1. The summed E-state index contributed by atoms with van der Waals surface area (Å²) >= 11 is 0. The van der Waals surface area contributed by atoms with Crippen molar-refractivity contribution >= 4 is 46.2 Å². The van der Waals surface area contributed by atoms with Gasteiger partial charge in [-0.1, -0.05) is 174 Å². The summed E-state index contributed by atoms with van der Waals surface area (Å²) < 4.78 is 8.77. The minimum absolute atomic E-state index is 0. The van der Waals surface area contributed by atoms with E-state index >= 15 is 0 Å². The van der Waals surface area contributed by atoms with Crippen molar-refractivity contribution in [2.45, 2.75) is 84.4 Å². The summed E-state index contributed by atoms with van der Waals surface area (Å²) in [5, 5.41) is 3.71. The fourth-order valence-corrected chi connectivity index (χ4v) is 10.8. The van der Waals surface area contributed by atoms with Gasteiger partial charge >= 0.3 is 0 Å². The molecule has 1 aliphatic rings. The van der Waals surface area contributed by atoms with Gasteiger partial charge in [0.15, 0.2) is 0 Å². The van der Waals surface area contributed by atoms with Gasteiger partial charge in [0.25, 0.3) is 0 Å². The second-order valence-electron chi connectivity index (χ2n) is 18.7. The van der Waals surface area contributed by atoms with E-state index in [1.165, 1.54) is 55.2 Å². The Bertz CT molecular complexity index is 2950. The summed E-state index contributed by atoms with van der Waals surface area (Å²) in [6.45, 7) is 14.1. The van der Waals surface area contributed by atoms with E-state index in [9.17, 15) is 0 Å². The quantitative estimate of drug-likeness (QED) is 0.118. The standard InChI is InChI=1S/C35H27N2O.C21H28NSi.Ir/c1-35(2,3)28-19-12-16-24(23-13-5-4-6-14-23)32(28)37-30-21-9-8-20-29(30)36-34(37)27-18-11-17-26-25-15-7-10-22-31(25)38-33(26)27;1-23(2,3)21-16-22-20(18-12-8-5-9-13-18)15-19(21)14-17-10-6-4-7-11-17;/h4-17,19-22H,1-3H3;5,8-9,12,15-17H,4,6-7,10-11,14H2,1-3H3;/q2*-1;. The molecule has 62 heavy (non-hydrogen) atoms. The number of rotatable bonds is 7. The molecule has 1 radical (unpaired) electrons. The minimum atomic E-state index is -1.36. The Morgan fingerprint density at radius 2 is 1.48 bits per heavy atom. The van der Waals surface area contributed by atoms with E-state index in [2.05, 4.69) is 166 Å². The zero-order valence-electron chi connectivity index (χ0n) is 36.8. The van der Waals surface area contributed by atoms with Crippen LogP contribution in [0.2, 0.25) is 19.6 Å². The molecule has 0 spiro atoms. The third kappa shape index (κ3) is 8.79. The molecule has 315 valence electrons. The van der Waals surface area contributed by atoms with Crippen LogP contribution >= 0.6 is 0 Å². The molecule has 1 fully saturated rings. The largest absolute Gasteiger partial charge is 0.501 e. The summed E-state index contributed by atoms with van der Waals surface area (Å²) in [7, 11) is -1.36. The number of aromatic nitrogens is 3. The smallest absolute Gasteiger partial charge is 0.120 e. The van der Waals surface area contributed by atoms with Crippen molar-refractivity contribution in [3.8, 4) is 39.5 Å². The van der Waals surface area contributed by atoms with Crippen LogP contribution in [-0.4, -0.2) is 22.6 Å². The predicted molar refractivity (Wildman–Crippen MR) is 259 cm³/mol. The van der Waals surface area contributed by atoms with Crippen LogP contribution in [0.15, 0.2) is 150 Å². The molecular weight excluding hydrogens is 951 g/mol. The first-order valence-corrected chi connectivity index (χ1v) is 25.5. The van der Waals surface area contributed by atoms with E-state index in [0.717, 1.165) is 67.2 Å². The molecule has 6 aromatic carbocycles.